The molecule has 29 heavy (non-hydrogen) atoms. The second kappa shape index (κ2) is 8.06. The zero-order valence-corrected chi connectivity index (χ0v) is 17.7. The van der Waals surface area contributed by atoms with Crippen LogP contribution in [0.15, 0.2) is 71.3 Å². The summed E-state index contributed by atoms with van der Waals surface area (Å²) in [4.78, 5) is 17.7. The highest BCUT2D eigenvalue weighted by atomic mass is 32.2. The van der Waals surface area contributed by atoms with Crippen molar-refractivity contribution in [1.82, 2.24) is 9.80 Å². The van der Waals surface area contributed by atoms with E-state index in [0.29, 0.717) is 12.1 Å². The van der Waals surface area contributed by atoms with Crippen molar-refractivity contribution in [2.45, 2.75) is 24.8 Å². The van der Waals surface area contributed by atoms with Crippen molar-refractivity contribution in [3.63, 3.8) is 0 Å². The summed E-state index contributed by atoms with van der Waals surface area (Å²) >= 11 is 1.46. The van der Waals surface area contributed by atoms with Crippen LogP contribution in [0, 0.1) is 11.3 Å². The average molecular weight is 404 g/mol. The molecule has 0 saturated carbocycles. The zero-order chi connectivity index (χ0) is 20.4. The first-order valence-electron chi connectivity index (χ1n) is 10.0. The number of amides is 1. The summed E-state index contributed by atoms with van der Waals surface area (Å²) in [5.74, 6) is -0.0525. The maximum Gasteiger partial charge on any atom is 0.247 e. The molecule has 5 rings (SSSR count). The van der Waals surface area contributed by atoms with Crippen LogP contribution in [0.3, 0.4) is 0 Å². The van der Waals surface area contributed by atoms with Crippen LogP contribution in [-0.2, 0) is 10.2 Å². The molecule has 5 heteroatoms. The van der Waals surface area contributed by atoms with E-state index < -0.39 is 5.41 Å². The molecular formula is C24H25N3OS. The van der Waals surface area contributed by atoms with Crippen LogP contribution in [0.4, 0.5) is 0 Å². The van der Waals surface area contributed by atoms with E-state index in [1.54, 1.807) is 4.90 Å². The molecule has 3 heterocycles. The molecule has 0 bridgehead atoms. The second-order valence-corrected chi connectivity index (χ2v) is 8.26. The van der Waals surface area contributed by atoms with Crippen LogP contribution in [0.5, 0.6) is 0 Å². The summed E-state index contributed by atoms with van der Waals surface area (Å²) in [6.07, 6.45) is 3.40. The van der Waals surface area contributed by atoms with Crippen LogP contribution in [-0.4, -0.2) is 47.6 Å². The molecule has 3 aliphatic heterocycles. The molecule has 2 unspecified atom stereocenters. The van der Waals surface area contributed by atoms with Gasteiger partial charge in [-0.2, -0.15) is 5.26 Å². The fourth-order valence-corrected chi connectivity index (χ4v) is 5.14. The maximum atomic E-state index is 13.5. The summed E-state index contributed by atoms with van der Waals surface area (Å²) in [5, 5.41) is 10.7. The van der Waals surface area contributed by atoms with Crippen molar-refractivity contribution in [1.29, 1.82) is 5.26 Å². The minimum Gasteiger partial charge on any atom is -0.305 e. The molecule has 2 aromatic carbocycles. The molecule has 1 amide bonds. The fraction of sp³-hybridized carbons (Fsp3) is 0.333. The average Bonchev–Trinajstić information content (AvgIpc) is 3.27. The summed E-state index contributed by atoms with van der Waals surface area (Å²) in [6.45, 7) is 5.29. The minimum atomic E-state index is -1.06. The van der Waals surface area contributed by atoms with Crippen molar-refractivity contribution in [2.24, 2.45) is 0 Å². The van der Waals surface area contributed by atoms with Gasteiger partial charge in [0.15, 0.2) is 0 Å². The lowest BCUT2D eigenvalue weighted by Gasteiger charge is -2.30. The van der Waals surface area contributed by atoms with Crippen LogP contribution < -0.4 is 0 Å². The van der Waals surface area contributed by atoms with Gasteiger partial charge in [0.25, 0.3) is 0 Å². The van der Waals surface area contributed by atoms with E-state index in [9.17, 15) is 10.1 Å². The summed E-state index contributed by atoms with van der Waals surface area (Å²) in [7, 11) is 0. The van der Waals surface area contributed by atoms with Crippen LogP contribution >= 0.6 is 11.8 Å². The Balaban J connectivity index is 0.000000349. The first kappa shape index (κ1) is 19.8. The fourth-order valence-electron chi connectivity index (χ4n) is 4.31. The second-order valence-electron chi connectivity index (χ2n) is 7.46. The first-order chi connectivity index (χ1) is 14.2. The lowest BCUT2D eigenvalue weighted by Crippen LogP contribution is -2.41. The van der Waals surface area contributed by atoms with Gasteiger partial charge < -0.3 is 4.90 Å². The third-order valence-electron chi connectivity index (χ3n) is 6.01. The van der Waals surface area contributed by atoms with E-state index in [2.05, 4.69) is 11.0 Å². The Kier molecular flexibility index (Phi) is 5.49. The van der Waals surface area contributed by atoms with Gasteiger partial charge in [0, 0.05) is 25.7 Å². The molecule has 148 valence electrons. The topological polar surface area (TPSA) is 47.1 Å². The van der Waals surface area contributed by atoms with Crippen molar-refractivity contribution < 1.29 is 4.79 Å². The lowest BCUT2D eigenvalue weighted by molar-refractivity contribution is -0.130. The first-order valence-corrected chi connectivity index (χ1v) is 11.3. The monoisotopic (exact) mass is 403 g/mol. The van der Waals surface area contributed by atoms with Gasteiger partial charge in [0.05, 0.1) is 16.7 Å². The lowest BCUT2D eigenvalue weighted by atomic mass is 9.70. The molecule has 0 aliphatic carbocycles. The van der Waals surface area contributed by atoms with Crippen LogP contribution in [0.25, 0.3) is 0 Å². The van der Waals surface area contributed by atoms with Gasteiger partial charge in [-0.25, -0.2) is 0 Å². The van der Waals surface area contributed by atoms with E-state index in [-0.39, 0.29) is 5.91 Å². The number of hydrogen-bond donors (Lipinski definition) is 0. The molecule has 2 aromatic rings. The van der Waals surface area contributed by atoms with Crippen molar-refractivity contribution in [3.05, 3.63) is 82.4 Å². The maximum absolute atomic E-state index is 13.5. The van der Waals surface area contributed by atoms with Gasteiger partial charge >= 0.3 is 0 Å². The smallest absolute Gasteiger partial charge is 0.247 e. The predicted molar refractivity (Wildman–Crippen MR) is 117 cm³/mol. The Hall–Kier alpha value is -2.55. The normalized spacial score (nSPS) is 23.5. The molecule has 3 aliphatic rings. The number of hydrogen-bond acceptors (Lipinski definition) is 4. The highest BCUT2D eigenvalue weighted by Gasteiger charge is 2.55. The standard InChI is InChI=1S/C20H18N2OS.C4H7N/c1-3-22-18(24-2)17(14-21)20(19(22)23,15-10-6-4-7-11-15)16-12-8-5-9-13-16;1-2-5-3-4(1)5/h4-13H,3H2,1-2H3;4H,1-3H2. The number of carbonyl (C=O) groups is 1. The largest absolute Gasteiger partial charge is 0.305 e. The molecule has 4 nitrogen and oxygen atoms in total. The molecular weight excluding hydrogens is 378 g/mol. The Morgan fingerprint density at radius 1 is 1.10 bits per heavy atom. The number of fused-ring (bicyclic) bond motifs is 1. The number of benzene rings is 2. The summed E-state index contributed by atoms with van der Waals surface area (Å²) in [6, 6.07) is 22.6. The highest BCUT2D eigenvalue weighted by molar-refractivity contribution is 8.02. The van der Waals surface area contributed by atoms with E-state index in [4.69, 9.17) is 0 Å². The summed E-state index contributed by atoms with van der Waals surface area (Å²) in [5.41, 5.74) is 1.12. The van der Waals surface area contributed by atoms with Gasteiger partial charge in [-0.3, -0.25) is 9.69 Å². The third kappa shape index (κ3) is 3.17. The van der Waals surface area contributed by atoms with Crippen molar-refractivity contribution in [2.75, 3.05) is 25.9 Å². The molecule has 2 saturated heterocycles. The van der Waals surface area contributed by atoms with E-state index in [1.165, 1.54) is 31.3 Å². The van der Waals surface area contributed by atoms with Crippen LogP contribution in [0.1, 0.15) is 24.5 Å². The van der Waals surface area contributed by atoms with Gasteiger partial charge in [-0.05, 0) is 30.7 Å². The Morgan fingerprint density at radius 3 is 1.97 bits per heavy atom. The number of carbonyl (C=O) groups excluding carboxylic acids is 1. The number of thioether (sulfide) groups is 1. The molecule has 0 aromatic heterocycles. The molecule has 0 radical (unpaired) electrons. The van der Waals surface area contributed by atoms with E-state index >= 15 is 0 Å². The molecule has 0 spiro atoms. The van der Waals surface area contributed by atoms with Gasteiger partial charge in [-0.15, -0.1) is 11.8 Å². The van der Waals surface area contributed by atoms with Gasteiger partial charge in [0.2, 0.25) is 5.91 Å². The minimum absolute atomic E-state index is 0.0525. The zero-order valence-electron chi connectivity index (χ0n) is 16.8. The van der Waals surface area contributed by atoms with Gasteiger partial charge in [0.1, 0.15) is 5.41 Å². The Bertz CT molecular complexity index is 913. The van der Waals surface area contributed by atoms with Crippen molar-refractivity contribution >= 4 is 17.7 Å². The predicted octanol–water partition coefficient (Wildman–Crippen LogP) is 4.01. The Labute approximate surface area is 176 Å². The van der Waals surface area contributed by atoms with E-state index in [1.807, 2.05) is 73.8 Å². The van der Waals surface area contributed by atoms with Gasteiger partial charge in [-0.1, -0.05) is 60.7 Å². The Morgan fingerprint density at radius 2 is 1.66 bits per heavy atom. The van der Waals surface area contributed by atoms with Crippen LogP contribution in [0.2, 0.25) is 0 Å². The molecule has 2 fully saturated rings. The third-order valence-corrected chi connectivity index (χ3v) is 6.82. The number of rotatable bonds is 4. The summed E-state index contributed by atoms with van der Waals surface area (Å²) < 4.78 is 0. The number of likely N-dealkylation sites (N-methyl/N-ethyl adjacent to an activating group) is 1. The highest BCUT2D eigenvalue weighted by Crippen LogP contribution is 2.49. The molecule has 2 atom stereocenters. The number of nitrogens with zero attached hydrogens (tertiary/aromatic N) is 3. The van der Waals surface area contributed by atoms with E-state index in [0.717, 1.165) is 22.2 Å². The quantitative estimate of drug-likeness (QED) is 0.724. The number of nitriles is 1. The van der Waals surface area contributed by atoms with Crippen molar-refractivity contribution in [3.8, 4) is 6.07 Å². The SMILES string of the molecule is C1CN2CC12.CCN1C(=O)C(c2ccccc2)(c2ccccc2)C(C#N)=C1SC. The molecule has 0 N–H and O–H groups in total.